The molecule has 0 aliphatic carbocycles. The van der Waals surface area contributed by atoms with E-state index < -0.39 is 0 Å². The molecule has 1 fully saturated rings. The zero-order valence-corrected chi connectivity index (χ0v) is 5.55. The minimum atomic E-state index is 0.0173. The summed E-state index contributed by atoms with van der Waals surface area (Å²) in [5.74, 6) is 0. The average Bonchev–Trinajstić information content (AvgIpc) is 2.13. The highest BCUT2D eigenvalue weighted by Crippen LogP contribution is 2.02. The number of carbonyl (C=O) groups excluding carboxylic acids is 1. The van der Waals surface area contributed by atoms with Crippen LogP contribution >= 0.6 is 0 Å². The predicted octanol–water partition coefficient (Wildman–Crippen LogP) is 0.234. The van der Waals surface area contributed by atoms with E-state index in [1.165, 1.54) is 0 Å². The second-order valence-electron chi connectivity index (χ2n) is 2.32. The monoisotopic (exact) mass is 127 g/mol. The summed E-state index contributed by atoms with van der Waals surface area (Å²) < 4.78 is 0. The number of hydrogen-bond donors (Lipinski definition) is 1. The number of amides is 2. The lowest BCUT2D eigenvalue weighted by molar-refractivity contribution is 0.226. The quantitative estimate of drug-likeness (QED) is 0.537. The van der Waals surface area contributed by atoms with Crippen LogP contribution in [-0.4, -0.2) is 30.6 Å². The smallest absolute Gasteiger partial charge is 0.317 e. The minimum Gasteiger partial charge on any atom is -0.333 e. The molecule has 1 heterocycles. The molecular weight excluding hydrogens is 116 g/mol. The van der Waals surface area contributed by atoms with Gasteiger partial charge in [-0.3, -0.25) is 0 Å². The SMILES string of the molecule is [CH2]CC1CN(C)C(=O)N1. The van der Waals surface area contributed by atoms with Gasteiger partial charge in [0.15, 0.2) is 0 Å². The molecular formula is C6H11N2O. The van der Waals surface area contributed by atoms with Crippen LogP contribution in [-0.2, 0) is 0 Å². The van der Waals surface area contributed by atoms with Crippen molar-refractivity contribution >= 4 is 6.03 Å². The standard InChI is InChI=1S/C6H11N2O/c1-3-5-4-8(2)6(9)7-5/h5H,1,3-4H2,2H3,(H,7,9). The van der Waals surface area contributed by atoms with E-state index in [1.54, 1.807) is 11.9 Å². The summed E-state index contributed by atoms with van der Waals surface area (Å²) in [6.45, 7) is 4.49. The Bertz CT molecular complexity index is 124. The highest BCUT2D eigenvalue weighted by molar-refractivity contribution is 5.76. The van der Waals surface area contributed by atoms with Crippen molar-refractivity contribution in [1.29, 1.82) is 0 Å². The molecule has 51 valence electrons. The van der Waals surface area contributed by atoms with E-state index in [0.717, 1.165) is 13.0 Å². The Balaban J connectivity index is 2.44. The maximum absolute atomic E-state index is 10.7. The fraction of sp³-hybridized carbons (Fsp3) is 0.667. The van der Waals surface area contributed by atoms with Gasteiger partial charge in [0.2, 0.25) is 0 Å². The van der Waals surface area contributed by atoms with Crippen molar-refractivity contribution < 1.29 is 4.79 Å². The zero-order chi connectivity index (χ0) is 6.85. The molecule has 1 radical (unpaired) electrons. The van der Waals surface area contributed by atoms with Gasteiger partial charge in [-0.1, -0.05) is 6.92 Å². The van der Waals surface area contributed by atoms with Gasteiger partial charge < -0.3 is 10.2 Å². The fourth-order valence-electron chi connectivity index (χ4n) is 0.907. The van der Waals surface area contributed by atoms with E-state index in [0.29, 0.717) is 0 Å². The Labute approximate surface area is 55.0 Å². The number of likely N-dealkylation sites (N-methyl/N-ethyl adjacent to an activating group) is 1. The average molecular weight is 127 g/mol. The van der Waals surface area contributed by atoms with Crippen LogP contribution in [0.2, 0.25) is 0 Å². The van der Waals surface area contributed by atoms with Crippen LogP contribution in [0.3, 0.4) is 0 Å². The second kappa shape index (κ2) is 2.25. The number of rotatable bonds is 1. The molecule has 1 aliphatic heterocycles. The van der Waals surface area contributed by atoms with Gasteiger partial charge in [-0.05, 0) is 6.42 Å². The Morgan fingerprint density at radius 1 is 2.00 bits per heavy atom. The van der Waals surface area contributed by atoms with E-state index >= 15 is 0 Å². The second-order valence-corrected chi connectivity index (χ2v) is 2.32. The van der Waals surface area contributed by atoms with Crippen LogP contribution in [0.5, 0.6) is 0 Å². The van der Waals surface area contributed by atoms with Gasteiger partial charge in [0.1, 0.15) is 0 Å². The number of nitrogens with zero attached hydrogens (tertiary/aromatic N) is 1. The van der Waals surface area contributed by atoms with E-state index in [2.05, 4.69) is 12.2 Å². The Kier molecular flexibility index (Phi) is 1.60. The van der Waals surface area contributed by atoms with Crippen LogP contribution in [0.15, 0.2) is 0 Å². The minimum absolute atomic E-state index is 0.0173. The first-order chi connectivity index (χ1) is 4.24. The van der Waals surface area contributed by atoms with Gasteiger partial charge in [0.05, 0.1) is 0 Å². The number of nitrogens with one attached hydrogen (secondary N) is 1. The van der Waals surface area contributed by atoms with Crippen molar-refractivity contribution in [3.8, 4) is 0 Å². The molecule has 1 unspecified atom stereocenters. The third-order valence-electron chi connectivity index (χ3n) is 1.52. The zero-order valence-electron chi connectivity index (χ0n) is 5.55. The first-order valence-corrected chi connectivity index (χ1v) is 3.05. The highest BCUT2D eigenvalue weighted by Gasteiger charge is 2.23. The Morgan fingerprint density at radius 3 is 2.89 bits per heavy atom. The lowest BCUT2D eigenvalue weighted by Crippen LogP contribution is -2.26. The third kappa shape index (κ3) is 1.15. The summed E-state index contributed by atoms with van der Waals surface area (Å²) >= 11 is 0. The van der Waals surface area contributed by atoms with Gasteiger partial charge in [-0.25, -0.2) is 4.79 Å². The molecule has 3 heteroatoms. The lowest BCUT2D eigenvalue weighted by atomic mass is 10.2. The molecule has 0 spiro atoms. The number of hydrogen-bond acceptors (Lipinski definition) is 1. The largest absolute Gasteiger partial charge is 0.333 e. The van der Waals surface area contributed by atoms with Gasteiger partial charge in [0, 0.05) is 19.6 Å². The fourth-order valence-corrected chi connectivity index (χ4v) is 0.907. The number of carbonyl (C=O) groups is 1. The summed E-state index contributed by atoms with van der Waals surface area (Å²) in [6, 6.07) is 0.283. The third-order valence-corrected chi connectivity index (χ3v) is 1.52. The topological polar surface area (TPSA) is 32.3 Å². The molecule has 0 aromatic rings. The highest BCUT2D eigenvalue weighted by atomic mass is 16.2. The molecule has 0 aromatic heterocycles. The van der Waals surface area contributed by atoms with Crippen molar-refractivity contribution in [2.75, 3.05) is 13.6 Å². The maximum atomic E-state index is 10.7. The summed E-state index contributed by atoms with van der Waals surface area (Å²) in [6.07, 6.45) is 0.774. The first kappa shape index (κ1) is 6.39. The Morgan fingerprint density at radius 2 is 2.67 bits per heavy atom. The molecule has 1 N–H and O–H groups in total. The molecule has 0 bridgehead atoms. The number of urea groups is 1. The molecule has 0 aromatic carbocycles. The summed E-state index contributed by atoms with van der Waals surface area (Å²) in [7, 11) is 1.78. The van der Waals surface area contributed by atoms with E-state index in [1.807, 2.05) is 0 Å². The van der Waals surface area contributed by atoms with Gasteiger partial charge in [-0.2, -0.15) is 0 Å². The Hall–Kier alpha value is -0.730. The molecule has 1 rings (SSSR count). The van der Waals surface area contributed by atoms with Crippen LogP contribution < -0.4 is 5.32 Å². The van der Waals surface area contributed by atoms with E-state index in [9.17, 15) is 4.79 Å². The van der Waals surface area contributed by atoms with Crippen LogP contribution in [0.25, 0.3) is 0 Å². The molecule has 3 nitrogen and oxygen atoms in total. The maximum Gasteiger partial charge on any atom is 0.317 e. The molecule has 1 aliphatic rings. The molecule has 1 saturated heterocycles. The summed E-state index contributed by atoms with van der Waals surface area (Å²) in [5, 5.41) is 2.78. The van der Waals surface area contributed by atoms with Gasteiger partial charge >= 0.3 is 6.03 Å². The normalized spacial score (nSPS) is 26.7. The predicted molar refractivity (Wildman–Crippen MR) is 34.9 cm³/mol. The molecule has 2 amide bonds. The van der Waals surface area contributed by atoms with Crippen molar-refractivity contribution in [3.05, 3.63) is 6.92 Å². The van der Waals surface area contributed by atoms with Crippen molar-refractivity contribution in [3.63, 3.8) is 0 Å². The van der Waals surface area contributed by atoms with Crippen LogP contribution in [0.4, 0.5) is 4.79 Å². The van der Waals surface area contributed by atoms with E-state index in [4.69, 9.17) is 0 Å². The van der Waals surface area contributed by atoms with Gasteiger partial charge in [0.25, 0.3) is 0 Å². The molecule has 1 atom stereocenters. The van der Waals surface area contributed by atoms with Crippen LogP contribution in [0, 0.1) is 6.92 Å². The summed E-state index contributed by atoms with van der Waals surface area (Å²) in [4.78, 5) is 12.4. The molecule has 9 heavy (non-hydrogen) atoms. The van der Waals surface area contributed by atoms with Crippen molar-refractivity contribution in [2.24, 2.45) is 0 Å². The van der Waals surface area contributed by atoms with Crippen molar-refractivity contribution in [1.82, 2.24) is 10.2 Å². The van der Waals surface area contributed by atoms with E-state index in [-0.39, 0.29) is 12.1 Å². The first-order valence-electron chi connectivity index (χ1n) is 3.05. The van der Waals surface area contributed by atoms with Crippen LogP contribution in [0.1, 0.15) is 6.42 Å². The molecule has 0 saturated carbocycles. The summed E-state index contributed by atoms with van der Waals surface area (Å²) in [5.41, 5.74) is 0. The van der Waals surface area contributed by atoms with Gasteiger partial charge in [-0.15, -0.1) is 0 Å². The van der Waals surface area contributed by atoms with Crippen molar-refractivity contribution in [2.45, 2.75) is 12.5 Å². The lowest BCUT2D eigenvalue weighted by Gasteiger charge is -2.03.